The second kappa shape index (κ2) is 5.28. The number of nitrogens with zero attached hydrogens (tertiary/aromatic N) is 2. The summed E-state index contributed by atoms with van der Waals surface area (Å²) >= 11 is 3.27. The van der Waals surface area contributed by atoms with Crippen LogP contribution in [0.4, 0.5) is 10.2 Å². The van der Waals surface area contributed by atoms with Gasteiger partial charge in [-0.3, -0.25) is 0 Å². The van der Waals surface area contributed by atoms with Crippen molar-refractivity contribution in [2.24, 2.45) is 5.84 Å². The third kappa shape index (κ3) is 2.93. The Bertz CT molecular complexity index is 579. The maximum atomic E-state index is 13.1. The lowest BCUT2D eigenvalue weighted by atomic mass is 10.3. The summed E-state index contributed by atoms with van der Waals surface area (Å²) in [6.45, 7) is 1.70. The molecule has 0 atom stereocenters. The van der Waals surface area contributed by atoms with Gasteiger partial charge in [0, 0.05) is 12.1 Å². The number of aromatic nitrogens is 2. The van der Waals surface area contributed by atoms with Gasteiger partial charge in [-0.2, -0.15) is 4.98 Å². The van der Waals surface area contributed by atoms with Gasteiger partial charge in [-0.25, -0.2) is 15.2 Å². The van der Waals surface area contributed by atoms with Crippen LogP contribution in [0.5, 0.6) is 11.6 Å². The molecule has 1 aromatic carbocycles. The molecule has 1 aromatic heterocycles. The van der Waals surface area contributed by atoms with Crippen molar-refractivity contribution in [3.8, 4) is 11.6 Å². The third-order valence-corrected chi connectivity index (χ3v) is 2.73. The molecule has 7 heteroatoms. The molecule has 0 fully saturated rings. The Morgan fingerprint density at radius 2 is 2.11 bits per heavy atom. The summed E-state index contributed by atoms with van der Waals surface area (Å²) in [5.41, 5.74) is 2.40. The maximum absolute atomic E-state index is 13.1. The van der Waals surface area contributed by atoms with Gasteiger partial charge in [0.25, 0.3) is 0 Å². The number of nitrogens with two attached hydrogens (primary N) is 1. The molecule has 0 aliphatic carbocycles. The SMILES string of the molecule is Cc1nc(NN)cc(Oc2cc(F)ccc2Br)n1. The van der Waals surface area contributed by atoms with Crippen LogP contribution < -0.4 is 16.0 Å². The minimum atomic E-state index is -0.392. The number of hydrogen-bond acceptors (Lipinski definition) is 5. The lowest BCUT2D eigenvalue weighted by Crippen LogP contribution is -2.09. The normalized spacial score (nSPS) is 10.2. The highest BCUT2D eigenvalue weighted by atomic mass is 79.9. The maximum Gasteiger partial charge on any atom is 0.224 e. The molecule has 0 aliphatic rings. The van der Waals surface area contributed by atoms with Crippen LogP contribution in [0.25, 0.3) is 0 Å². The first-order valence-electron chi connectivity index (χ1n) is 5.03. The number of nitrogens with one attached hydrogen (secondary N) is 1. The Kier molecular flexibility index (Phi) is 3.73. The van der Waals surface area contributed by atoms with Crippen molar-refractivity contribution in [3.05, 3.63) is 40.4 Å². The van der Waals surface area contributed by atoms with Crippen LogP contribution in [0, 0.1) is 12.7 Å². The van der Waals surface area contributed by atoms with E-state index < -0.39 is 5.82 Å². The predicted octanol–water partition coefficient (Wildman–Crippen LogP) is 2.76. The molecule has 5 nitrogen and oxygen atoms in total. The summed E-state index contributed by atoms with van der Waals surface area (Å²) in [5, 5.41) is 0. The summed E-state index contributed by atoms with van der Waals surface area (Å²) in [7, 11) is 0. The lowest BCUT2D eigenvalue weighted by molar-refractivity contribution is 0.452. The highest BCUT2D eigenvalue weighted by Crippen LogP contribution is 2.30. The van der Waals surface area contributed by atoms with E-state index >= 15 is 0 Å². The molecule has 0 amide bonds. The number of aryl methyl sites for hydroxylation is 1. The van der Waals surface area contributed by atoms with Gasteiger partial charge < -0.3 is 10.2 Å². The van der Waals surface area contributed by atoms with Crippen LogP contribution in [-0.4, -0.2) is 9.97 Å². The molecule has 0 bridgehead atoms. The van der Waals surface area contributed by atoms with Crippen LogP contribution in [-0.2, 0) is 0 Å². The van der Waals surface area contributed by atoms with Crippen molar-refractivity contribution >= 4 is 21.7 Å². The zero-order valence-corrected chi connectivity index (χ0v) is 11.0. The monoisotopic (exact) mass is 312 g/mol. The molecule has 3 N–H and O–H groups in total. The predicted molar refractivity (Wildman–Crippen MR) is 68.8 cm³/mol. The van der Waals surface area contributed by atoms with Crippen LogP contribution in [0.15, 0.2) is 28.7 Å². The molecule has 1 heterocycles. The van der Waals surface area contributed by atoms with E-state index in [2.05, 4.69) is 31.3 Å². The number of ether oxygens (including phenoxy) is 1. The second-order valence-electron chi connectivity index (χ2n) is 3.46. The second-order valence-corrected chi connectivity index (χ2v) is 4.31. The van der Waals surface area contributed by atoms with Gasteiger partial charge in [0.1, 0.15) is 23.2 Å². The van der Waals surface area contributed by atoms with Crippen LogP contribution in [0.1, 0.15) is 5.82 Å². The van der Waals surface area contributed by atoms with E-state index in [1.54, 1.807) is 13.0 Å². The van der Waals surface area contributed by atoms with Crippen LogP contribution in [0.2, 0.25) is 0 Å². The van der Waals surface area contributed by atoms with Gasteiger partial charge in [-0.05, 0) is 35.0 Å². The van der Waals surface area contributed by atoms with Crippen molar-refractivity contribution in [1.82, 2.24) is 9.97 Å². The number of hydrazine groups is 1. The van der Waals surface area contributed by atoms with E-state index in [1.807, 2.05) is 0 Å². The molecule has 0 aliphatic heterocycles. The molecule has 18 heavy (non-hydrogen) atoms. The number of rotatable bonds is 3. The first-order chi connectivity index (χ1) is 8.58. The minimum Gasteiger partial charge on any atom is -0.438 e. The van der Waals surface area contributed by atoms with Crippen molar-refractivity contribution in [2.45, 2.75) is 6.92 Å². The Hall–Kier alpha value is -1.73. The number of benzene rings is 1. The Morgan fingerprint density at radius 1 is 1.33 bits per heavy atom. The highest BCUT2D eigenvalue weighted by Gasteiger charge is 2.07. The molecule has 0 saturated heterocycles. The van der Waals surface area contributed by atoms with E-state index in [4.69, 9.17) is 10.6 Å². The van der Waals surface area contributed by atoms with Crippen molar-refractivity contribution < 1.29 is 9.13 Å². The largest absolute Gasteiger partial charge is 0.438 e. The fourth-order valence-corrected chi connectivity index (χ4v) is 1.66. The number of anilines is 1. The molecule has 0 spiro atoms. The molecule has 94 valence electrons. The van der Waals surface area contributed by atoms with Gasteiger partial charge in [0.15, 0.2) is 0 Å². The standard InChI is InChI=1S/C11H10BrFN4O/c1-6-15-10(17-14)5-11(16-6)18-9-4-7(13)2-3-8(9)12/h2-5H,14H2,1H3,(H,15,16,17). The zero-order chi connectivity index (χ0) is 13.1. The lowest BCUT2D eigenvalue weighted by Gasteiger charge is -2.08. The molecule has 2 rings (SSSR count). The van der Waals surface area contributed by atoms with Crippen LogP contribution >= 0.6 is 15.9 Å². The average molecular weight is 313 g/mol. The minimum absolute atomic E-state index is 0.279. The number of halogens is 2. The first-order valence-corrected chi connectivity index (χ1v) is 5.83. The van der Waals surface area contributed by atoms with Crippen LogP contribution in [0.3, 0.4) is 0 Å². The van der Waals surface area contributed by atoms with E-state index in [9.17, 15) is 4.39 Å². The zero-order valence-electron chi connectivity index (χ0n) is 9.45. The first kappa shape index (κ1) is 12.7. The van der Waals surface area contributed by atoms with Gasteiger partial charge in [-0.15, -0.1) is 0 Å². The van der Waals surface area contributed by atoms with Gasteiger partial charge >= 0.3 is 0 Å². The van der Waals surface area contributed by atoms with E-state index in [1.165, 1.54) is 18.2 Å². The summed E-state index contributed by atoms with van der Waals surface area (Å²) in [6, 6.07) is 5.66. The number of nitrogen functional groups attached to an aromatic ring is 1. The smallest absolute Gasteiger partial charge is 0.224 e. The summed E-state index contributed by atoms with van der Waals surface area (Å²) in [4.78, 5) is 8.10. The Morgan fingerprint density at radius 3 is 2.83 bits per heavy atom. The molecule has 0 saturated carbocycles. The quantitative estimate of drug-likeness (QED) is 0.673. The van der Waals surface area contributed by atoms with Gasteiger partial charge in [-0.1, -0.05) is 0 Å². The molecular formula is C11H10BrFN4O. The highest BCUT2D eigenvalue weighted by molar-refractivity contribution is 9.10. The summed E-state index contributed by atoms with van der Waals surface area (Å²) in [6.07, 6.45) is 0. The van der Waals surface area contributed by atoms with Crippen molar-refractivity contribution in [1.29, 1.82) is 0 Å². The van der Waals surface area contributed by atoms with Crippen molar-refractivity contribution in [2.75, 3.05) is 5.43 Å². The third-order valence-electron chi connectivity index (χ3n) is 2.07. The average Bonchev–Trinajstić information content (AvgIpc) is 2.33. The van der Waals surface area contributed by atoms with E-state index in [-0.39, 0.29) is 5.88 Å². The molecule has 2 aromatic rings. The fraction of sp³-hybridized carbons (Fsp3) is 0.0909. The number of hydrogen-bond donors (Lipinski definition) is 2. The summed E-state index contributed by atoms with van der Waals surface area (Å²) in [5.74, 6) is 6.40. The van der Waals surface area contributed by atoms with E-state index in [0.717, 1.165) is 0 Å². The van der Waals surface area contributed by atoms with Gasteiger partial charge in [0.05, 0.1) is 4.47 Å². The molecule has 0 radical (unpaired) electrons. The van der Waals surface area contributed by atoms with E-state index in [0.29, 0.717) is 21.9 Å². The fourth-order valence-electron chi connectivity index (χ4n) is 1.33. The Labute approximate surface area is 111 Å². The van der Waals surface area contributed by atoms with Crippen molar-refractivity contribution in [3.63, 3.8) is 0 Å². The Balaban J connectivity index is 2.33. The summed E-state index contributed by atoms with van der Waals surface area (Å²) < 4.78 is 19.2. The molecule has 0 unspecified atom stereocenters. The van der Waals surface area contributed by atoms with Gasteiger partial charge in [0.2, 0.25) is 5.88 Å². The molecular weight excluding hydrogens is 303 g/mol. The topological polar surface area (TPSA) is 73.1 Å².